The first-order valence-corrected chi connectivity index (χ1v) is 5.58. The topological polar surface area (TPSA) is 72.6 Å². The second-order valence-electron chi connectivity index (χ2n) is 4.60. The standard InChI is InChI=1S/C12H12F3NO3/c13-12(14,15)11(4-5-11)6-19-9-7(10(17)18)2-1-3-8(9)16/h1-3H,4-6,16H2,(H,17,18). The van der Waals surface area contributed by atoms with Crippen LogP contribution in [0.5, 0.6) is 5.75 Å². The van der Waals surface area contributed by atoms with E-state index >= 15 is 0 Å². The van der Waals surface area contributed by atoms with Crippen molar-refractivity contribution in [1.82, 2.24) is 0 Å². The zero-order valence-corrected chi connectivity index (χ0v) is 9.83. The summed E-state index contributed by atoms with van der Waals surface area (Å²) in [4.78, 5) is 11.0. The van der Waals surface area contributed by atoms with E-state index in [4.69, 9.17) is 15.6 Å². The molecule has 1 fully saturated rings. The molecule has 1 saturated carbocycles. The first kappa shape index (κ1) is 13.5. The van der Waals surface area contributed by atoms with Gasteiger partial charge in [0.15, 0.2) is 5.75 Å². The van der Waals surface area contributed by atoms with Crippen molar-refractivity contribution in [3.05, 3.63) is 23.8 Å². The lowest BCUT2D eigenvalue weighted by molar-refractivity contribution is -0.194. The molecular weight excluding hydrogens is 263 g/mol. The minimum atomic E-state index is -4.35. The Morgan fingerprint density at radius 3 is 2.53 bits per heavy atom. The van der Waals surface area contributed by atoms with Crippen LogP contribution in [0.1, 0.15) is 23.2 Å². The van der Waals surface area contributed by atoms with Crippen molar-refractivity contribution in [3.63, 3.8) is 0 Å². The molecule has 1 aromatic rings. The Labute approximate surface area is 107 Å². The minimum Gasteiger partial charge on any atom is -0.490 e. The summed E-state index contributed by atoms with van der Waals surface area (Å²) in [5.74, 6) is -1.50. The Bertz CT molecular complexity index is 509. The summed E-state index contributed by atoms with van der Waals surface area (Å²) in [6.45, 7) is -0.606. The number of carboxylic acids is 1. The van der Waals surface area contributed by atoms with Crippen LogP contribution >= 0.6 is 0 Å². The summed E-state index contributed by atoms with van der Waals surface area (Å²) in [5.41, 5.74) is 3.47. The third-order valence-electron chi connectivity index (χ3n) is 3.22. The zero-order chi connectivity index (χ0) is 14.3. The molecule has 19 heavy (non-hydrogen) atoms. The molecule has 0 aliphatic heterocycles. The van der Waals surface area contributed by atoms with E-state index in [-0.39, 0.29) is 29.8 Å². The van der Waals surface area contributed by atoms with E-state index in [1.165, 1.54) is 18.2 Å². The van der Waals surface area contributed by atoms with Crippen LogP contribution in [0.3, 0.4) is 0 Å². The smallest absolute Gasteiger partial charge is 0.397 e. The highest BCUT2D eigenvalue weighted by atomic mass is 19.4. The molecular formula is C12H12F3NO3. The Hall–Kier alpha value is -1.92. The molecule has 0 amide bonds. The fourth-order valence-corrected chi connectivity index (χ4v) is 1.76. The largest absolute Gasteiger partial charge is 0.490 e. The van der Waals surface area contributed by atoms with Gasteiger partial charge < -0.3 is 15.6 Å². The Morgan fingerprint density at radius 1 is 1.42 bits per heavy atom. The molecule has 0 saturated heterocycles. The lowest BCUT2D eigenvalue weighted by Gasteiger charge is -2.20. The molecule has 1 aromatic carbocycles. The molecule has 104 valence electrons. The number of para-hydroxylation sites is 1. The number of ether oxygens (including phenoxy) is 1. The lowest BCUT2D eigenvalue weighted by Crippen LogP contribution is -2.31. The van der Waals surface area contributed by atoms with Gasteiger partial charge in [0.05, 0.1) is 5.69 Å². The van der Waals surface area contributed by atoms with Crippen LogP contribution in [-0.2, 0) is 0 Å². The van der Waals surface area contributed by atoms with Crippen LogP contribution in [0, 0.1) is 5.41 Å². The van der Waals surface area contributed by atoms with Crippen molar-refractivity contribution in [2.24, 2.45) is 5.41 Å². The molecule has 1 aliphatic rings. The number of nitrogens with two attached hydrogens (primary N) is 1. The van der Waals surface area contributed by atoms with Gasteiger partial charge in [0.25, 0.3) is 0 Å². The number of benzene rings is 1. The van der Waals surface area contributed by atoms with Gasteiger partial charge >= 0.3 is 12.1 Å². The number of hydrogen-bond acceptors (Lipinski definition) is 3. The molecule has 0 aromatic heterocycles. The van der Waals surface area contributed by atoms with E-state index in [1.54, 1.807) is 0 Å². The molecule has 1 aliphatic carbocycles. The van der Waals surface area contributed by atoms with Gasteiger partial charge in [0.1, 0.15) is 17.6 Å². The van der Waals surface area contributed by atoms with Crippen LogP contribution in [0.25, 0.3) is 0 Å². The Balaban J connectivity index is 2.19. The van der Waals surface area contributed by atoms with Crippen molar-refractivity contribution in [1.29, 1.82) is 0 Å². The number of carbonyl (C=O) groups is 1. The van der Waals surface area contributed by atoms with E-state index in [9.17, 15) is 18.0 Å². The zero-order valence-electron chi connectivity index (χ0n) is 9.83. The van der Waals surface area contributed by atoms with Crippen LogP contribution in [0.4, 0.5) is 18.9 Å². The number of nitrogen functional groups attached to an aromatic ring is 1. The van der Waals surface area contributed by atoms with Crippen molar-refractivity contribution >= 4 is 11.7 Å². The van der Waals surface area contributed by atoms with E-state index in [2.05, 4.69) is 0 Å². The maximum absolute atomic E-state index is 12.7. The molecule has 0 heterocycles. The van der Waals surface area contributed by atoms with Crippen molar-refractivity contribution in [2.45, 2.75) is 19.0 Å². The van der Waals surface area contributed by atoms with Gasteiger partial charge in [-0.15, -0.1) is 0 Å². The number of rotatable bonds is 4. The monoisotopic (exact) mass is 275 g/mol. The third-order valence-corrected chi connectivity index (χ3v) is 3.22. The predicted molar refractivity (Wildman–Crippen MR) is 61.0 cm³/mol. The summed E-state index contributed by atoms with van der Waals surface area (Å²) in [5, 5.41) is 8.94. The summed E-state index contributed by atoms with van der Waals surface area (Å²) in [7, 11) is 0. The Kier molecular flexibility index (Phi) is 3.07. The van der Waals surface area contributed by atoms with Crippen LogP contribution in [0.2, 0.25) is 0 Å². The van der Waals surface area contributed by atoms with Gasteiger partial charge in [-0.1, -0.05) is 6.07 Å². The van der Waals surface area contributed by atoms with Gasteiger partial charge in [-0.05, 0) is 25.0 Å². The highest BCUT2D eigenvalue weighted by Gasteiger charge is 2.64. The molecule has 0 unspecified atom stereocenters. The summed E-state index contributed by atoms with van der Waals surface area (Å²) in [6.07, 6.45) is -4.36. The van der Waals surface area contributed by atoms with Crippen LogP contribution < -0.4 is 10.5 Å². The van der Waals surface area contributed by atoms with Gasteiger partial charge in [0.2, 0.25) is 0 Å². The van der Waals surface area contributed by atoms with Gasteiger partial charge in [0, 0.05) is 0 Å². The highest BCUT2D eigenvalue weighted by Crippen LogP contribution is 2.57. The van der Waals surface area contributed by atoms with E-state index < -0.39 is 24.2 Å². The fraction of sp³-hybridized carbons (Fsp3) is 0.417. The normalized spacial score (nSPS) is 17.0. The van der Waals surface area contributed by atoms with Gasteiger partial charge in [-0.2, -0.15) is 13.2 Å². The maximum atomic E-state index is 12.7. The number of alkyl halides is 3. The fourth-order valence-electron chi connectivity index (χ4n) is 1.76. The lowest BCUT2D eigenvalue weighted by atomic mass is 10.1. The number of halogens is 3. The van der Waals surface area contributed by atoms with Gasteiger partial charge in [-0.25, -0.2) is 4.79 Å². The van der Waals surface area contributed by atoms with Crippen LogP contribution in [0.15, 0.2) is 18.2 Å². The Morgan fingerprint density at radius 2 is 2.05 bits per heavy atom. The van der Waals surface area contributed by atoms with Crippen molar-refractivity contribution < 1.29 is 27.8 Å². The molecule has 4 nitrogen and oxygen atoms in total. The van der Waals surface area contributed by atoms with Crippen molar-refractivity contribution in [2.75, 3.05) is 12.3 Å². The number of aromatic carboxylic acids is 1. The average Bonchev–Trinajstić information content (AvgIpc) is 3.07. The van der Waals surface area contributed by atoms with E-state index in [0.29, 0.717) is 0 Å². The molecule has 7 heteroatoms. The second-order valence-corrected chi connectivity index (χ2v) is 4.60. The molecule has 0 atom stereocenters. The molecule has 2 rings (SSSR count). The number of anilines is 1. The first-order valence-electron chi connectivity index (χ1n) is 5.58. The molecule has 0 spiro atoms. The maximum Gasteiger partial charge on any atom is 0.397 e. The third kappa shape index (κ3) is 2.45. The average molecular weight is 275 g/mol. The van der Waals surface area contributed by atoms with Crippen molar-refractivity contribution in [3.8, 4) is 5.75 Å². The minimum absolute atomic E-state index is 0.00829. The molecule has 0 radical (unpaired) electrons. The summed E-state index contributed by atoms with van der Waals surface area (Å²) >= 11 is 0. The number of hydrogen-bond donors (Lipinski definition) is 2. The highest BCUT2D eigenvalue weighted by molar-refractivity contribution is 5.93. The number of carboxylic acid groups (broad SMARTS) is 1. The summed E-state index contributed by atoms with van der Waals surface area (Å²) in [6, 6.07) is 4.03. The summed E-state index contributed by atoms with van der Waals surface area (Å²) < 4.78 is 43.2. The van der Waals surface area contributed by atoms with Crippen LogP contribution in [-0.4, -0.2) is 23.9 Å². The molecule has 3 N–H and O–H groups in total. The van der Waals surface area contributed by atoms with Gasteiger partial charge in [-0.3, -0.25) is 0 Å². The van der Waals surface area contributed by atoms with E-state index in [0.717, 1.165) is 0 Å². The quantitative estimate of drug-likeness (QED) is 0.829. The SMILES string of the molecule is Nc1cccc(C(=O)O)c1OCC1(C(F)(F)F)CC1. The second kappa shape index (κ2) is 4.32. The predicted octanol–water partition coefficient (Wildman–Crippen LogP) is 2.69. The van der Waals surface area contributed by atoms with E-state index in [1.807, 2.05) is 0 Å². The first-order chi connectivity index (χ1) is 8.77. The molecule has 0 bridgehead atoms.